The van der Waals surface area contributed by atoms with E-state index in [0.29, 0.717) is 17.0 Å². The first-order valence-corrected chi connectivity index (χ1v) is 11.6. The molecule has 1 saturated heterocycles. The minimum Gasteiger partial charge on any atom is -0.421 e. The number of ether oxygens (including phenoxy) is 1. The van der Waals surface area contributed by atoms with E-state index in [2.05, 4.69) is 54.2 Å². The molecule has 1 aliphatic heterocycles. The van der Waals surface area contributed by atoms with Gasteiger partial charge in [0.15, 0.2) is 17.4 Å². The average molecular weight is 465 g/mol. The minimum absolute atomic E-state index is 0.0775. The van der Waals surface area contributed by atoms with Crippen LogP contribution in [-0.2, 0) is 6.42 Å². The van der Waals surface area contributed by atoms with Gasteiger partial charge in [-0.25, -0.2) is 4.39 Å². The molecule has 5 rings (SSSR count). The number of nitrogens with zero attached hydrogens (tertiary/aromatic N) is 5. The fourth-order valence-corrected chi connectivity index (χ4v) is 4.14. The summed E-state index contributed by atoms with van der Waals surface area (Å²) in [5.41, 5.74) is 2.65. The molecule has 4 heterocycles. The van der Waals surface area contributed by atoms with Gasteiger partial charge in [-0.15, -0.1) is 0 Å². The maximum absolute atomic E-state index is 15.1. The molecule has 0 radical (unpaired) electrons. The van der Waals surface area contributed by atoms with E-state index in [1.807, 2.05) is 19.1 Å². The van der Waals surface area contributed by atoms with Gasteiger partial charge in [-0.1, -0.05) is 13.3 Å². The van der Waals surface area contributed by atoms with Crippen LogP contribution in [0, 0.1) is 12.7 Å². The van der Waals surface area contributed by atoms with Crippen LogP contribution < -0.4 is 15.0 Å². The lowest BCUT2D eigenvalue weighted by Gasteiger charge is -2.33. The highest BCUT2D eigenvalue weighted by molar-refractivity contribution is 5.82. The Morgan fingerprint density at radius 3 is 2.71 bits per heavy atom. The molecule has 0 unspecified atom stereocenters. The van der Waals surface area contributed by atoms with Gasteiger partial charge in [0.2, 0.25) is 0 Å². The Balaban J connectivity index is 1.47. The Labute approximate surface area is 197 Å². The summed E-state index contributed by atoms with van der Waals surface area (Å²) >= 11 is 0. The Morgan fingerprint density at radius 2 is 1.91 bits per heavy atom. The molecule has 3 N–H and O–H groups in total. The summed E-state index contributed by atoms with van der Waals surface area (Å²) in [6, 6.07) is 9.07. The van der Waals surface area contributed by atoms with Gasteiger partial charge in [-0.3, -0.25) is 5.10 Å². The lowest BCUT2D eigenvalue weighted by molar-refractivity contribution is 0.311. The number of anilines is 3. The first-order valence-electron chi connectivity index (χ1n) is 11.6. The molecule has 1 aliphatic rings. The van der Waals surface area contributed by atoms with Crippen LogP contribution in [-0.4, -0.2) is 63.3 Å². The SMILES string of the molecule is CCCc1cc(Nc2cc(N3CCN(C)CC3)nc(Oc3ccc4[nH]c(C)cc4c3F)n2)n[nH]1. The van der Waals surface area contributed by atoms with Crippen molar-refractivity contribution in [1.82, 2.24) is 30.0 Å². The number of piperazine rings is 1. The molecule has 178 valence electrons. The molecule has 9 nitrogen and oxygen atoms in total. The third-order valence-electron chi connectivity index (χ3n) is 5.96. The number of rotatable bonds is 7. The number of H-pyrrole nitrogens is 2. The zero-order valence-electron chi connectivity index (χ0n) is 19.7. The van der Waals surface area contributed by atoms with Crippen molar-refractivity contribution in [3.05, 3.63) is 47.5 Å². The van der Waals surface area contributed by atoms with E-state index in [4.69, 9.17) is 4.74 Å². The number of nitrogens with one attached hydrogen (secondary N) is 3. The number of hydrogen-bond donors (Lipinski definition) is 3. The van der Waals surface area contributed by atoms with Crippen LogP contribution in [0.1, 0.15) is 24.7 Å². The van der Waals surface area contributed by atoms with E-state index in [1.54, 1.807) is 18.2 Å². The average Bonchev–Trinajstić information content (AvgIpc) is 3.42. The van der Waals surface area contributed by atoms with Crippen LogP contribution in [0.4, 0.5) is 21.8 Å². The molecule has 0 saturated carbocycles. The highest BCUT2D eigenvalue weighted by Crippen LogP contribution is 2.31. The quantitative estimate of drug-likeness (QED) is 0.374. The normalized spacial score (nSPS) is 14.6. The predicted octanol–water partition coefficient (Wildman–Crippen LogP) is 4.37. The van der Waals surface area contributed by atoms with Gasteiger partial charge in [0.1, 0.15) is 11.6 Å². The van der Waals surface area contributed by atoms with Gasteiger partial charge < -0.3 is 24.8 Å². The first-order chi connectivity index (χ1) is 16.5. The number of halogens is 1. The summed E-state index contributed by atoms with van der Waals surface area (Å²) in [6.07, 6.45) is 1.94. The minimum atomic E-state index is -0.443. The van der Waals surface area contributed by atoms with Gasteiger partial charge in [0.25, 0.3) is 0 Å². The molecule has 10 heteroatoms. The van der Waals surface area contributed by atoms with Crippen molar-refractivity contribution < 1.29 is 9.13 Å². The van der Waals surface area contributed by atoms with Crippen molar-refractivity contribution in [3.8, 4) is 11.8 Å². The Bertz CT molecular complexity index is 1290. The van der Waals surface area contributed by atoms with Gasteiger partial charge in [-0.2, -0.15) is 15.1 Å². The summed E-state index contributed by atoms with van der Waals surface area (Å²) in [4.78, 5) is 16.7. The van der Waals surface area contributed by atoms with E-state index in [9.17, 15) is 0 Å². The van der Waals surface area contributed by atoms with E-state index in [-0.39, 0.29) is 11.8 Å². The third kappa shape index (κ3) is 4.67. The maximum Gasteiger partial charge on any atom is 0.326 e. The fraction of sp³-hybridized carbons (Fsp3) is 0.375. The molecule has 34 heavy (non-hydrogen) atoms. The van der Waals surface area contributed by atoms with E-state index >= 15 is 4.39 Å². The number of aromatic amines is 2. The number of likely N-dealkylation sites (N-methyl/N-ethyl adjacent to an activating group) is 1. The smallest absolute Gasteiger partial charge is 0.326 e. The summed E-state index contributed by atoms with van der Waals surface area (Å²) in [5.74, 6) is 1.56. The zero-order valence-corrected chi connectivity index (χ0v) is 19.7. The van der Waals surface area contributed by atoms with Crippen LogP contribution in [0.2, 0.25) is 0 Å². The summed E-state index contributed by atoms with van der Waals surface area (Å²) in [7, 11) is 2.10. The van der Waals surface area contributed by atoms with Crippen molar-refractivity contribution in [2.24, 2.45) is 0 Å². The van der Waals surface area contributed by atoms with E-state index in [1.165, 1.54) is 0 Å². The summed E-state index contributed by atoms with van der Waals surface area (Å²) < 4.78 is 21.0. The third-order valence-corrected chi connectivity index (χ3v) is 5.96. The van der Waals surface area contributed by atoms with E-state index in [0.717, 1.165) is 61.7 Å². The van der Waals surface area contributed by atoms with Crippen molar-refractivity contribution in [2.75, 3.05) is 43.4 Å². The Hall–Kier alpha value is -3.66. The second-order valence-corrected chi connectivity index (χ2v) is 8.73. The van der Waals surface area contributed by atoms with Crippen LogP contribution in [0.25, 0.3) is 10.9 Å². The molecular weight excluding hydrogens is 435 g/mol. The highest BCUT2D eigenvalue weighted by Gasteiger charge is 2.19. The largest absolute Gasteiger partial charge is 0.421 e. The Kier molecular flexibility index (Phi) is 6.06. The molecule has 0 bridgehead atoms. The van der Waals surface area contributed by atoms with Crippen LogP contribution in [0.3, 0.4) is 0 Å². The van der Waals surface area contributed by atoms with E-state index < -0.39 is 5.82 Å². The number of aromatic nitrogens is 5. The standard InChI is InChI=1S/C24H29FN8O/c1-4-5-16-13-21(31-30-16)27-20-14-22(33-10-8-32(3)9-11-33)29-24(28-20)34-19-7-6-18-17(23(19)25)12-15(2)26-18/h6-7,12-14,26H,4-5,8-11H2,1-3H3,(H2,27,28,29,30,31). The number of benzene rings is 1. The molecule has 1 fully saturated rings. The zero-order chi connectivity index (χ0) is 23.7. The molecule has 3 aromatic heterocycles. The monoisotopic (exact) mass is 464 g/mol. The van der Waals surface area contributed by atoms with Crippen LogP contribution in [0.15, 0.2) is 30.3 Å². The molecular formula is C24H29FN8O. The second kappa shape index (κ2) is 9.30. The lowest BCUT2D eigenvalue weighted by Crippen LogP contribution is -2.44. The maximum atomic E-state index is 15.1. The van der Waals surface area contributed by atoms with Gasteiger partial charge >= 0.3 is 6.01 Å². The topological polar surface area (TPSA) is 98.0 Å². The molecule has 0 atom stereocenters. The number of aryl methyl sites for hydroxylation is 2. The lowest BCUT2D eigenvalue weighted by atomic mass is 10.2. The highest BCUT2D eigenvalue weighted by atomic mass is 19.1. The number of hydrogen-bond acceptors (Lipinski definition) is 7. The van der Waals surface area contributed by atoms with Crippen molar-refractivity contribution in [2.45, 2.75) is 26.7 Å². The van der Waals surface area contributed by atoms with Crippen molar-refractivity contribution >= 4 is 28.4 Å². The number of fused-ring (bicyclic) bond motifs is 1. The molecule has 4 aromatic rings. The van der Waals surface area contributed by atoms with Gasteiger partial charge in [-0.05, 0) is 38.6 Å². The first kappa shape index (κ1) is 22.1. The molecule has 0 amide bonds. The summed E-state index contributed by atoms with van der Waals surface area (Å²) in [6.45, 7) is 7.54. The van der Waals surface area contributed by atoms with Gasteiger partial charge in [0, 0.05) is 60.6 Å². The summed E-state index contributed by atoms with van der Waals surface area (Å²) in [5, 5.41) is 11.1. The van der Waals surface area contributed by atoms with Gasteiger partial charge in [0.05, 0.1) is 0 Å². The van der Waals surface area contributed by atoms with Crippen molar-refractivity contribution in [1.29, 1.82) is 0 Å². The second-order valence-electron chi connectivity index (χ2n) is 8.73. The van der Waals surface area contributed by atoms with Crippen LogP contribution in [0.5, 0.6) is 11.8 Å². The van der Waals surface area contributed by atoms with Crippen molar-refractivity contribution in [3.63, 3.8) is 0 Å². The predicted molar refractivity (Wildman–Crippen MR) is 131 cm³/mol. The molecule has 1 aromatic carbocycles. The van der Waals surface area contributed by atoms with Crippen LogP contribution >= 0.6 is 0 Å². The fourth-order valence-electron chi connectivity index (χ4n) is 4.14. The molecule has 0 aliphatic carbocycles. The molecule has 0 spiro atoms. The Morgan fingerprint density at radius 1 is 1.09 bits per heavy atom.